The van der Waals surface area contributed by atoms with Crippen LogP contribution in [0.5, 0.6) is 0 Å². The maximum absolute atomic E-state index is 5.77. The van der Waals surface area contributed by atoms with Crippen molar-refractivity contribution in [1.82, 2.24) is 0 Å². The minimum Gasteiger partial charge on any atom is -0.399 e. The first-order chi connectivity index (χ1) is 12.3. The maximum atomic E-state index is 5.77. The van der Waals surface area contributed by atoms with Crippen molar-refractivity contribution in [3.63, 3.8) is 0 Å². The molecule has 0 aliphatic heterocycles. The fraction of sp³-hybridized carbons (Fsp3) is 0. The molecule has 2 N–H and O–H groups in total. The lowest BCUT2D eigenvalue weighted by molar-refractivity contribution is 1.65. The van der Waals surface area contributed by atoms with Gasteiger partial charge >= 0.3 is 0 Å². The molecule has 1 nitrogen and oxygen atoms in total. The topological polar surface area (TPSA) is 26.0 Å². The Morgan fingerprint density at radius 1 is 0.560 bits per heavy atom. The minimum absolute atomic E-state index is 0.792. The van der Waals surface area contributed by atoms with Gasteiger partial charge in [-0.15, -0.1) is 0 Å². The van der Waals surface area contributed by atoms with Gasteiger partial charge in [0.1, 0.15) is 0 Å². The molecule has 0 saturated heterocycles. The van der Waals surface area contributed by atoms with E-state index >= 15 is 0 Å². The van der Waals surface area contributed by atoms with E-state index in [1.807, 2.05) is 24.3 Å². The van der Waals surface area contributed by atoms with Crippen molar-refractivity contribution in [3.05, 3.63) is 90.0 Å². The molecule has 5 rings (SSSR count). The molecule has 118 valence electrons. The summed E-state index contributed by atoms with van der Waals surface area (Å²) in [6.45, 7) is 0. The van der Waals surface area contributed by atoms with Crippen LogP contribution >= 0.6 is 0 Å². The van der Waals surface area contributed by atoms with Crippen LogP contribution in [0.3, 0.4) is 0 Å². The van der Waals surface area contributed by atoms with E-state index in [9.17, 15) is 0 Å². The Balaban J connectivity index is 1.74. The molecule has 0 amide bonds. The lowest BCUT2D eigenvalue weighted by atomic mass is 9.92. The highest BCUT2D eigenvalue weighted by molar-refractivity contribution is 6.24. The van der Waals surface area contributed by atoms with Crippen molar-refractivity contribution in [3.8, 4) is 0 Å². The molecule has 5 aromatic rings. The molecule has 0 aromatic heterocycles. The Morgan fingerprint density at radius 2 is 1.20 bits per heavy atom. The molecule has 0 aliphatic carbocycles. The molecule has 0 radical (unpaired) electrons. The molecular formula is C24H17N. The normalized spacial score (nSPS) is 12.0. The van der Waals surface area contributed by atoms with E-state index < -0.39 is 0 Å². The van der Waals surface area contributed by atoms with Gasteiger partial charge in [-0.05, 0) is 55.6 Å². The summed E-state index contributed by atoms with van der Waals surface area (Å²) in [6.07, 6.45) is 4.34. The third-order valence-electron chi connectivity index (χ3n) is 4.95. The van der Waals surface area contributed by atoms with Crippen LogP contribution in [-0.2, 0) is 0 Å². The zero-order valence-electron chi connectivity index (χ0n) is 13.7. The van der Waals surface area contributed by atoms with Gasteiger partial charge in [0.05, 0.1) is 0 Å². The summed E-state index contributed by atoms with van der Waals surface area (Å²) in [5.41, 5.74) is 8.95. The van der Waals surface area contributed by atoms with Gasteiger partial charge in [0.25, 0.3) is 0 Å². The van der Waals surface area contributed by atoms with Gasteiger partial charge in [0, 0.05) is 5.69 Å². The van der Waals surface area contributed by atoms with Gasteiger partial charge in [-0.2, -0.15) is 0 Å². The van der Waals surface area contributed by atoms with Crippen LogP contribution in [-0.4, -0.2) is 0 Å². The standard InChI is InChI=1S/C24H17N/c25-21-13-5-16(6-14-21)4-7-17-8-9-20-11-10-18-2-1-3-19-12-15-22(17)24(20)23(18)19/h1-15H,25H2. The van der Waals surface area contributed by atoms with Crippen molar-refractivity contribution in [2.45, 2.75) is 0 Å². The molecule has 0 spiro atoms. The average molecular weight is 319 g/mol. The molecular weight excluding hydrogens is 302 g/mol. The summed E-state index contributed by atoms with van der Waals surface area (Å²) in [5.74, 6) is 0. The summed E-state index contributed by atoms with van der Waals surface area (Å²) in [4.78, 5) is 0. The van der Waals surface area contributed by atoms with Gasteiger partial charge in [-0.3, -0.25) is 0 Å². The second-order valence-electron chi connectivity index (χ2n) is 6.51. The van der Waals surface area contributed by atoms with E-state index in [1.54, 1.807) is 0 Å². The van der Waals surface area contributed by atoms with Crippen LogP contribution in [0, 0.1) is 0 Å². The highest BCUT2D eigenvalue weighted by Crippen LogP contribution is 2.36. The maximum Gasteiger partial charge on any atom is 0.0314 e. The lowest BCUT2D eigenvalue weighted by Crippen LogP contribution is -1.86. The van der Waals surface area contributed by atoms with E-state index in [2.05, 4.69) is 66.7 Å². The zero-order chi connectivity index (χ0) is 16.8. The molecule has 1 heteroatoms. The van der Waals surface area contributed by atoms with Gasteiger partial charge in [-0.25, -0.2) is 0 Å². The first-order valence-electron chi connectivity index (χ1n) is 8.50. The quantitative estimate of drug-likeness (QED) is 0.229. The molecule has 0 heterocycles. The molecule has 25 heavy (non-hydrogen) atoms. The van der Waals surface area contributed by atoms with Crippen LogP contribution in [0.15, 0.2) is 78.9 Å². The van der Waals surface area contributed by atoms with E-state index in [1.165, 1.54) is 37.9 Å². The summed E-state index contributed by atoms with van der Waals surface area (Å²) in [6, 6.07) is 27.8. The zero-order valence-corrected chi connectivity index (χ0v) is 13.7. The largest absolute Gasteiger partial charge is 0.399 e. The fourth-order valence-electron chi connectivity index (χ4n) is 3.70. The van der Waals surface area contributed by atoms with Crippen molar-refractivity contribution in [1.29, 1.82) is 0 Å². The Hall–Kier alpha value is -3.32. The number of anilines is 1. The summed E-state index contributed by atoms with van der Waals surface area (Å²) >= 11 is 0. The van der Waals surface area contributed by atoms with Crippen molar-refractivity contribution in [2.24, 2.45) is 0 Å². The summed E-state index contributed by atoms with van der Waals surface area (Å²) < 4.78 is 0. The molecule has 0 atom stereocenters. The van der Waals surface area contributed by atoms with Crippen molar-refractivity contribution < 1.29 is 0 Å². The fourth-order valence-corrected chi connectivity index (χ4v) is 3.70. The molecule has 0 unspecified atom stereocenters. The first kappa shape index (κ1) is 14.1. The van der Waals surface area contributed by atoms with Crippen LogP contribution < -0.4 is 5.73 Å². The van der Waals surface area contributed by atoms with Crippen LogP contribution in [0.4, 0.5) is 5.69 Å². The Bertz CT molecular complexity index is 1210. The molecule has 0 aliphatic rings. The second kappa shape index (κ2) is 5.35. The smallest absolute Gasteiger partial charge is 0.0314 e. The predicted molar refractivity (Wildman–Crippen MR) is 110 cm³/mol. The average Bonchev–Trinajstić information content (AvgIpc) is 2.66. The number of rotatable bonds is 2. The van der Waals surface area contributed by atoms with Crippen molar-refractivity contribution in [2.75, 3.05) is 5.73 Å². The second-order valence-corrected chi connectivity index (χ2v) is 6.51. The van der Waals surface area contributed by atoms with E-state index in [4.69, 9.17) is 5.73 Å². The van der Waals surface area contributed by atoms with Crippen LogP contribution in [0.2, 0.25) is 0 Å². The number of nitrogen functional groups attached to an aromatic ring is 1. The summed E-state index contributed by atoms with van der Waals surface area (Å²) in [5, 5.41) is 7.92. The highest BCUT2D eigenvalue weighted by atomic mass is 14.5. The van der Waals surface area contributed by atoms with Crippen LogP contribution in [0.1, 0.15) is 11.1 Å². The molecule has 0 saturated carbocycles. The Kier molecular flexibility index (Phi) is 3.01. The van der Waals surface area contributed by atoms with E-state index in [0.29, 0.717) is 0 Å². The first-order valence-corrected chi connectivity index (χ1v) is 8.50. The lowest BCUT2D eigenvalue weighted by Gasteiger charge is -2.12. The minimum atomic E-state index is 0.792. The highest BCUT2D eigenvalue weighted by Gasteiger charge is 2.09. The summed E-state index contributed by atoms with van der Waals surface area (Å²) in [7, 11) is 0. The number of hydrogen-bond donors (Lipinski definition) is 1. The third kappa shape index (κ3) is 2.25. The molecule has 0 fully saturated rings. The number of hydrogen-bond acceptors (Lipinski definition) is 1. The van der Waals surface area contributed by atoms with E-state index in [-0.39, 0.29) is 0 Å². The van der Waals surface area contributed by atoms with Gasteiger partial charge in [0.15, 0.2) is 0 Å². The van der Waals surface area contributed by atoms with Crippen LogP contribution in [0.25, 0.3) is 44.5 Å². The predicted octanol–water partition coefficient (Wildman–Crippen LogP) is 6.34. The van der Waals surface area contributed by atoms with Gasteiger partial charge in [0.2, 0.25) is 0 Å². The van der Waals surface area contributed by atoms with Gasteiger partial charge in [-0.1, -0.05) is 78.9 Å². The monoisotopic (exact) mass is 319 g/mol. The van der Waals surface area contributed by atoms with E-state index in [0.717, 1.165) is 11.3 Å². The number of nitrogens with two attached hydrogens (primary N) is 1. The van der Waals surface area contributed by atoms with Gasteiger partial charge < -0.3 is 5.73 Å². The van der Waals surface area contributed by atoms with Crippen molar-refractivity contribution >= 4 is 50.2 Å². The SMILES string of the molecule is Nc1ccc(C=Cc2ccc3ccc4cccc5ccc2c3c45)cc1. The molecule has 0 bridgehead atoms. The number of benzene rings is 5. The third-order valence-corrected chi connectivity index (χ3v) is 4.95. The Morgan fingerprint density at radius 3 is 1.96 bits per heavy atom. The molecule has 5 aromatic carbocycles. The Labute approximate surface area is 146 Å².